The van der Waals surface area contributed by atoms with Crippen LogP contribution in [-0.4, -0.2) is 13.2 Å². The molecule has 0 atom stereocenters. The first-order valence-electron chi connectivity index (χ1n) is 4.06. The van der Waals surface area contributed by atoms with Gasteiger partial charge in [0.1, 0.15) is 0 Å². The van der Waals surface area contributed by atoms with Crippen LogP contribution in [0.4, 0.5) is 0 Å². The summed E-state index contributed by atoms with van der Waals surface area (Å²) in [7, 11) is -3.36. The third-order valence-corrected chi connectivity index (χ3v) is 4.20. The molecule has 0 unspecified atom stereocenters. The van der Waals surface area contributed by atoms with Crippen LogP contribution in [0.3, 0.4) is 0 Å². The summed E-state index contributed by atoms with van der Waals surface area (Å²) in [5, 5.41) is 0.162. The lowest BCUT2D eigenvalue weighted by atomic mass is 10.6. The number of halogens is 2. The van der Waals surface area contributed by atoms with E-state index in [1.807, 2.05) is 0 Å². The number of hydrogen-bond donors (Lipinski definition) is 0. The van der Waals surface area contributed by atoms with Crippen molar-refractivity contribution >= 4 is 30.8 Å². The molecular formula is C8H13Cl2O3P. The molecule has 0 bridgehead atoms. The van der Waals surface area contributed by atoms with E-state index >= 15 is 0 Å². The highest BCUT2D eigenvalue weighted by Crippen LogP contribution is 2.58. The summed E-state index contributed by atoms with van der Waals surface area (Å²) < 4.78 is 22.0. The Balaban J connectivity index is 4.82. The molecule has 0 radical (unpaired) electrons. The maximum Gasteiger partial charge on any atom is 0.362 e. The minimum atomic E-state index is -3.36. The third kappa shape index (κ3) is 3.76. The predicted molar refractivity (Wildman–Crippen MR) is 59.8 cm³/mol. The van der Waals surface area contributed by atoms with Gasteiger partial charge in [0.05, 0.1) is 23.6 Å². The van der Waals surface area contributed by atoms with Crippen LogP contribution in [0, 0.1) is 0 Å². The first kappa shape index (κ1) is 14.2. The molecule has 0 aromatic rings. The van der Waals surface area contributed by atoms with Crippen molar-refractivity contribution in [3.8, 4) is 0 Å². The van der Waals surface area contributed by atoms with E-state index in [0.29, 0.717) is 0 Å². The van der Waals surface area contributed by atoms with Crippen molar-refractivity contribution in [2.45, 2.75) is 13.8 Å². The number of allylic oxidation sites excluding steroid dienone is 2. The summed E-state index contributed by atoms with van der Waals surface area (Å²) in [5.41, 5.74) is 1.08. The Labute approximate surface area is 94.2 Å². The quantitative estimate of drug-likeness (QED) is 0.532. The smallest absolute Gasteiger partial charge is 0.305 e. The highest BCUT2D eigenvalue weighted by atomic mass is 35.5. The van der Waals surface area contributed by atoms with Gasteiger partial charge in [-0.15, -0.1) is 0 Å². The van der Waals surface area contributed by atoms with Crippen LogP contribution in [0.1, 0.15) is 13.8 Å². The van der Waals surface area contributed by atoms with E-state index in [2.05, 4.69) is 6.58 Å². The summed E-state index contributed by atoms with van der Waals surface area (Å²) in [6.45, 7) is 7.45. The van der Waals surface area contributed by atoms with E-state index in [1.54, 1.807) is 13.8 Å². The molecule has 0 aromatic heterocycles. The Morgan fingerprint density at radius 1 is 1.43 bits per heavy atom. The van der Waals surface area contributed by atoms with E-state index in [4.69, 9.17) is 32.2 Å². The van der Waals surface area contributed by atoms with Crippen LogP contribution in [0.2, 0.25) is 0 Å². The van der Waals surface area contributed by atoms with Gasteiger partial charge in [-0.2, -0.15) is 0 Å². The molecule has 6 heteroatoms. The minimum Gasteiger partial charge on any atom is -0.305 e. The summed E-state index contributed by atoms with van der Waals surface area (Å²) in [5.74, 6) is 0. The van der Waals surface area contributed by atoms with Crippen LogP contribution < -0.4 is 0 Å². The number of hydrogen-bond acceptors (Lipinski definition) is 3. The summed E-state index contributed by atoms with van der Waals surface area (Å²) >= 11 is 11.0. The monoisotopic (exact) mass is 258 g/mol. The Bertz CT molecular complexity index is 266. The van der Waals surface area contributed by atoms with Crippen molar-refractivity contribution in [3.05, 3.63) is 22.5 Å². The molecular weight excluding hydrogens is 246 g/mol. The standard InChI is InChI=1S/C8H13Cl2O3P/c1-4-12-14(11,13-5-2)7(3)8(10)6-9/h6H,3-5H2,1-2H3. The maximum absolute atomic E-state index is 12.0. The summed E-state index contributed by atoms with van der Waals surface area (Å²) in [4.78, 5) is 0. The molecule has 0 rings (SSSR count). The fourth-order valence-electron chi connectivity index (χ4n) is 0.727. The van der Waals surface area contributed by atoms with Crippen LogP contribution in [0.25, 0.3) is 0 Å². The topological polar surface area (TPSA) is 35.5 Å². The zero-order valence-corrected chi connectivity index (χ0v) is 10.5. The molecule has 0 heterocycles. The van der Waals surface area contributed by atoms with Gasteiger partial charge in [-0.25, -0.2) is 0 Å². The molecule has 82 valence electrons. The SMILES string of the molecule is C=C(C(Cl)=CCl)P(=O)(OCC)OCC. The molecule has 0 aliphatic rings. The second kappa shape index (κ2) is 6.65. The molecule has 0 N–H and O–H groups in total. The van der Waals surface area contributed by atoms with Gasteiger partial charge in [0.2, 0.25) is 0 Å². The van der Waals surface area contributed by atoms with Gasteiger partial charge in [0.25, 0.3) is 0 Å². The van der Waals surface area contributed by atoms with Gasteiger partial charge in [-0.3, -0.25) is 4.57 Å². The van der Waals surface area contributed by atoms with Crippen LogP contribution in [0.5, 0.6) is 0 Å². The van der Waals surface area contributed by atoms with Gasteiger partial charge >= 0.3 is 7.60 Å². The summed E-state index contributed by atoms with van der Waals surface area (Å²) in [6.07, 6.45) is 0. The van der Waals surface area contributed by atoms with Gasteiger partial charge in [-0.05, 0) is 13.8 Å². The van der Waals surface area contributed by atoms with Crippen LogP contribution in [-0.2, 0) is 13.6 Å². The average molecular weight is 259 g/mol. The molecule has 3 nitrogen and oxygen atoms in total. The van der Waals surface area contributed by atoms with Crippen LogP contribution >= 0.6 is 30.8 Å². The van der Waals surface area contributed by atoms with Crippen molar-refractivity contribution in [1.29, 1.82) is 0 Å². The van der Waals surface area contributed by atoms with Gasteiger partial charge in [0.15, 0.2) is 0 Å². The zero-order valence-electron chi connectivity index (χ0n) is 8.13. The van der Waals surface area contributed by atoms with E-state index in [0.717, 1.165) is 5.54 Å². The Morgan fingerprint density at radius 3 is 2.14 bits per heavy atom. The molecule has 0 amide bonds. The zero-order chi connectivity index (χ0) is 11.2. The van der Waals surface area contributed by atoms with Crippen molar-refractivity contribution < 1.29 is 13.6 Å². The minimum absolute atomic E-state index is 0.0805. The highest BCUT2D eigenvalue weighted by molar-refractivity contribution is 7.59. The molecule has 0 aliphatic heterocycles. The van der Waals surface area contributed by atoms with Gasteiger partial charge in [-0.1, -0.05) is 29.8 Å². The van der Waals surface area contributed by atoms with E-state index < -0.39 is 7.60 Å². The molecule has 14 heavy (non-hydrogen) atoms. The Kier molecular flexibility index (Phi) is 6.75. The molecule has 0 saturated heterocycles. The molecule has 0 fully saturated rings. The van der Waals surface area contributed by atoms with Crippen molar-refractivity contribution in [1.82, 2.24) is 0 Å². The summed E-state index contributed by atoms with van der Waals surface area (Å²) in [6, 6.07) is 0. The lowest BCUT2D eigenvalue weighted by molar-refractivity contribution is 0.227. The molecule has 0 saturated carbocycles. The van der Waals surface area contributed by atoms with Crippen molar-refractivity contribution in [2.75, 3.05) is 13.2 Å². The Hall–Kier alpha value is 0.210. The average Bonchev–Trinajstić information content (AvgIpc) is 2.16. The second-order valence-electron chi connectivity index (χ2n) is 2.24. The lowest BCUT2D eigenvalue weighted by Crippen LogP contribution is -1.98. The normalized spacial score (nSPS) is 13.0. The first-order chi connectivity index (χ1) is 6.51. The van der Waals surface area contributed by atoms with Gasteiger partial charge < -0.3 is 9.05 Å². The first-order valence-corrected chi connectivity index (χ1v) is 6.42. The Morgan fingerprint density at radius 2 is 1.86 bits per heavy atom. The number of rotatable bonds is 6. The second-order valence-corrected chi connectivity index (χ2v) is 4.91. The largest absolute Gasteiger partial charge is 0.362 e. The van der Waals surface area contributed by atoms with E-state index in [-0.39, 0.29) is 23.6 Å². The lowest BCUT2D eigenvalue weighted by Gasteiger charge is -2.18. The fourth-order valence-corrected chi connectivity index (χ4v) is 2.64. The fraction of sp³-hybridized carbons (Fsp3) is 0.500. The van der Waals surface area contributed by atoms with E-state index in [1.165, 1.54) is 0 Å². The highest BCUT2D eigenvalue weighted by Gasteiger charge is 2.29. The van der Waals surface area contributed by atoms with Crippen molar-refractivity contribution in [2.24, 2.45) is 0 Å². The van der Waals surface area contributed by atoms with E-state index in [9.17, 15) is 4.57 Å². The van der Waals surface area contributed by atoms with Crippen LogP contribution in [0.15, 0.2) is 22.5 Å². The molecule has 0 spiro atoms. The third-order valence-electron chi connectivity index (χ3n) is 1.30. The maximum atomic E-state index is 12.0. The van der Waals surface area contributed by atoms with Crippen molar-refractivity contribution in [3.63, 3.8) is 0 Å². The molecule has 0 aromatic carbocycles. The molecule has 0 aliphatic carbocycles. The van der Waals surface area contributed by atoms with Gasteiger partial charge in [0, 0.05) is 5.54 Å². The predicted octanol–water partition coefficient (Wildman–Crippen LogP) is 4.09.